The maximum Gasteiger partial charge on any atom is 0.418 e. The molecule has 1 aromatic heterocycles. The fourth-order valence-corrected chi connectivity index (χ4v) is 3.88. The molecule has 0 atom stereocenters. The summed E-state index contributed by atoms with van der Waals surface area (Å²) in [6.07, 6.45) is -0.767. The SMILES string of the molecule is CB(O)c1cc2cc(CN3CCN(C(=O)OC(C)(C)C)CC3)ccc2n1C(=O)OC(C)(C)C. The summed E-state index contributed by atoms with van der Waals surface area (Å²) >= 11 is 0. The van der Waals surface area contributed by atoms with Crippen molar-refractivity contribution >= 4 is 35.6 Å². The highest BCUT2D eigenvalue weighted by molar-refractivity contribution is 6.65. The number of ether oxygens (including phenoxy) is 2. The van der Waals surface area contributed by atoms with E-state index in [1.54, 1.807) is 11.7 Å². The number of aromatic nitrogens is 1. The molecule has 0 saturated carbocycles. The van der Waals surface area contributed by atoms with Gasteiger partial charge >= 0.3 is 19.1 Å². The summed E-state index contributed by atoms with van der Waals surface area (Å²) in [5, 5.41) is 11.1. The molecule has 1 aromatic carbocycles. The van der Waals surface area contributed by atoms with E-state index in [0.717, 1.165) is 30.6 Å². The van der Waals surface area contributed by atoms with Gasteiger partial charge in [0.05, 0.1) is 5.52 Å². The van der Waals surface area contributed by atoms with E-state index in [1.165, 1.54) is 4.57 Å². The van der Waals surface area contributed by atoms with E-state index in [-0.39, 0.29) is 6.09 Å². The second-order valence-corrected chi connectivity index (χ2v) is 10.7. The minimum Gasteiger partial charge on any atom is -0.446 e. The van der Waals surface area contributed by atoms with Gasteiger partial charge in [0.15, 0.2) is 0 Å². The summed E-state index contributed by atoms with van der Waals surface area (Å²) in [4.78, 5) is 29.1. The topological polar surface area (TPSA) is 84.2 Å². The molecule has 1 aliphatic heterocycles. The Morgan fingerprint density at radius 3 is 2.06 bits per heavy atom. The van der Waals surface area contributed by atoms with Crippen molar-refractivity contribution in [3.8, 4) is 0 Å². The van der Waals surface area contributed by atoms with E-state index in [0.29, 0.717) is 24.2 Å². The third-order valence-electron chi connectivity index (χ3n) is 5.33. The second kappa shape index (κ2) is 9.39. The lowest BCUT2D eigenvalue weighted by atomic mass is 9.68. The second-order valence-electron chi connectivity index (χ2n) is 10.7. The number of amides is 1. The monoisotopic (exact) mass is 457 g/mol. The van der Waals surface area contributed by atoms with Crippen LogP contribution in [0.1, 0.15) is 47.1 Å². The van der Waals surface area contributed by atoms with Crippen molar-refractivity contribution in [3.63, 3.8) is 0 Å². The van der Waals surface area contributed by atoms with Crippen molar-refractivity contribution < 1.29 is 24.1 Å². The average Bonchev–Trinajstić information content (AvgIpc) is 3.05. The van der Waals surface area contributed by atoms with Crippen LogP contribution in [0.25, 0.3) is 10.9 Å². The molecule has 2 heterocycles. The number of carbonyl (C=O) groups excluding carboxylic acids is 2. The van der Waals surface area contributed by atoms with Gasteiger partial charge in [-0.3, -0.25) is 9.47 Å². The van der Waals surface area contributed by atoms with Crippen LogP contribution in [0.3, 0.4) is 0 Å². The fourth-order valence-electron chi connectivity index (χ4n) is 3.88. The summed E-state index contributed by atoms with van der Waals surface area (Å²) in [6.45, 7) is 15.4. The van der Waals surface area contributed by atoms with Crippen molar-refractivity contribution in [2.45, 2.75) is 66.1 Å². The van der Waals surface area contributed by atoms with Gasteiger partial charge in [0.2, 0.25) is 0 Å². The van der Waals surface area contributed by atoms with Gasteiger partial charge in [-0.2, -0.15) is 0 Å². The standard InChI is InChI=1S/C24H36BN3O5/c1-23(2,3)32-21(29)27-12-10-26(11-13-27)16-17-8-9-19-18(14-17)15-20(25(7)31)28(19)22(30)33-24(4,5)6/h8-9,14-15,31H,10-13,16H2,1-7H3. The third-order valence-corrected chi connectivity index (χ3v) is 5.33. The first-order valence-electron chi connectivity index (χ1n) is 11.5. The van der Waals surface area contributed by atoms with Crippen LogP contribution in [-0.4, -0.2) is 75.9 Å². The van der Waals surface area contributed by atoms with Crippen LogP contribution in [0.15, 0.2) is 24.3 Å². The minimum atomic E-state index is -0.811. The maximum absolute atomic E-state index is 12.8. The summed E-state index contributed by atoms with van der Waals surface area (Å²) in [5.74, 6) is 0. The van der Waals surface area contributed by atoms with Gasteiger partial charge < -0.3 is 19.4 Å². The number of hydrogen-bond acceptors (Lipinski definition) is 6. The van der Waals surface area contributed by atoms with Gasteiger partial charge in [0.25, 0.3) is 0 Å². The Labute approximate surface area is 196 Å². The molecule has 0 radical (unpaired) electrons. The molecule has 1 fully saturated rings. The minimum absolute atomic E-state index is 0.266. The Morgan fingerprint density at radius 1 is 0.939 bits per heavy atom. The number of rotatable bonds is 3. The van der Waals surface area contributed by atoms with Gasteiger partial charge in [-0.05, 0) is 65.3 Å². The van der Waals surface area contributed by atoms with Crippen LogP contribution in [0.2, 0.25) is 6.82 Å². The highest BCUT2D eigenvalue weighted by Gasteiger charge is 2.27. The quantitative estimate of drug-likeness (QED) is 0.713. The molecule has 1 aliphatic rings. The first-order chi connectivity index (χ1) is 15.2. The van der Waals surface area contributed by atoms with Crippen molar-refractivity contribution in [2.24, 2.45) is 0 Å². The Morgan fingerprint density at radius 2 is 1.52 bits per heavy atom. The molecule has 1 saturated heterocycles. The van der Waals surface area contributed by atoms with E-state index < -0.39 is 24.2 Å². The number of hydrogen-bond donors (Lipinski definition) is 1. The maximum atomic E-state index is 12.8. The first kappa shape index (κ1) is 25.1. The van der Waals surface area contributed by atoms with E-state index in [4.69, 9.17) is 9.47 Å². The molecule has 0 spiro atoms. The fraction of sp³-hybridized carbons (Fsp3) is 0.583. The molecule has 1 N–H and O–H groups in total. The van der Waals surface area contributed by atoms with E-state index in [9.17, 15) is 14.6 Å². The number of piperazine rings is 1. The van der Waals surface area contributed by atoms with Crippen LogP contribution in [0.4, 0.5) is 9.59 Å². The smallest absolute Gasteiger partial charge is 0.418 e. The zero-order valence-corrected chi connectivity index (χ0v) is 20.8. The summed E-state index contributed by atoms with van der Waals surface area (Å²) in [6, 6.07) is 7.78. The average molecular weight is 457 g/mol. The van der Waals surface area contributed by atoms with Gasteiger partial charge in [-0.1, -0.05) is 12.9 Å². The van der Waals surface area contributed by atoms with Gasteiger partial charge in [-0.15, -0.1) is 0 Å². The normalized spacial score (nSPS) is 15.6. The van der Waals surface area contributed by atoms with Gasteiger partial charge in [0, 0.05) is 43.7 Å². The molecule has 180 valence electrons. The Hall–Kier alpha value is -2.52. The summed E-state index contributed by atoms with van der Waals surface area (Å²) < 4.78 is 12.5. The molecule has 0 aliphatic carbocycles. The zero-order valence-electron chi connectivity index (χ0n) is 20.8. The summed E-state index contributed by atoms with van der Waals surface area (Å²) in [5.41, 5.74) is 1.18. The largest absolute Gasteiger partial charge is 0.446 e. The molecule has 1 amide bonds. The highest BCUT2D eigenvalue weighted by atomic mass is 16.6. The molecule has 9 heteroatoms. The van der Waals surface area contributed by atoms with Gasteiger partial charge in [0.1, 0.15) is 11.2 Å². The first-order valence-corrected chi connectivity index (χ1v) is 11.5. The molecule has 8 nitrogen and oxygen atoms in total. The van der Waals surface area contributed by atoms with Crippen LogP contribution in [0.5, 0.6) is 0 Å². The molecule has 0 unspecified atom stereocenters. The molecular weight excluding hydrogens is 421 g/mol. The lowest BCUT2D eigenvalue weighted by Gasteiger charge is -2.35. The molecular formula is C24H36BN3O5. The number of fused-ring (bicyclic) bond motifs is 1. The zero-order chi connectivity index (χ0) is 24.6. The van der Waals surface area contributed by atoms with E-state index in [1.807, 2.05) is 65.8 Å². The molecule has 33 heavy (non-hydrogen) atoms. The number of benzene rings is 1. The van der Waals surface area contributed by atoms with Gasteiger partial charge in [-0.25, -0.2) is 9.59 Å². The Bertz CT molecular complexity index is 1010. The predicted octanol–water partition coefficient (Wildman–Crippen LogP) is 3.30. The Kier molecular flexibility index (Phi) is 7.14. The van der Waals surface area contributed by atoms with Crippen LogP contribution >= 0.6 is 0 Å². The number of carbonyl (C=O) groups is 2. The third kappa shape index (κ3) is 6.51. The van der Waals surface area contributed by atoms with Crippen LogP contribution < -0.4 is 5.59 Å². The molecule has 3 rings (SSSR count). The van der Waals surface area contributed by atoms with Crippen LogP contribution in [-0.2, 0) is 16.0 Å². The predicted molar refractivity (Wildman–Crippen MR) is 130 cm³/mol. The van der Waals surface area contributed by atoms with Crippen molar-refractivity contribution in [1.82, 2.24) is 14.4 Å². The van der Waals surface area contributed by atoms with Crippen LogP contribution in [0, 0.1) is 0 Å². The van der Waals surface area contributed by atoms with Crippen molar-refractivity contribution in [1.29, 1.82) is 0 Å². The lowest BCUT2D eigenvalue weighted by Crippen LogP contribution is -2.49. The van der Waals surface area contributed by atoms with Crippen molar-refractivity contribution in [2.75, 3.05) is 26.2 Å². The van der Waals surface area contributed by atoms with E-state index in [2.05, 4.69) is 4.90 Å². The van der Waals surface area contributed by atoms with E-state index >= 15 is 0 Å². The summed E-state index contributed by atoms with van der Waals surface area (Å²) in [7, 11) is 0. The Balaban J connectivity index is 1.72. The van der Waals surface area contributed by atoms with Crippen molar-refractivity contribution in [3.05, 3.63) is 29.8 Å². The number of nitrogens with zero attached hydrogens (tertiary/aromatic N) is 3. The highest BCUT2D eigenvalue weighted by Crippen LogP contribution is 2.21. The molecule has 2 aromatic rings. The lowest BCUT2D eigenvalue weighted by molar-refractivity contribution is 0.0139. The molecule has 0 bridgehead atoms.